The molecule has 0 fully saturated rings. The molecule has 7 heteroatoms. The van der Waals surface area contributed by atoms with Gasteiger partial charge in [0.15, 0.2) is 0 Å². The molecule has 0 aliphatic heterocycles. The number of amides is 2. The molecular weight excluding hydrogens is 224 g/mol. The molecule has 4 N–H and O–H groups in total. The second-order valence-corrected chi connectivity index (χ2v) is 3.61. The fourth-order valence-electron chi connectivity index (χ4n) is 1.31. The number of H-pyrrole nitrogens is 1. The molecule has 0 radical (unpaired) electrons. The van der Waals surface area contributed by atoms with Crippen molar-refractivity contribution in [3.8, 4) is 0 Å². The van der Waals surface area contributed by atoms with Crippen LogP contribution >= 0.6 is 0 Å². The Morgan fingerprint density at radius 3 is 2.88 bits per heavy atom. The van der Waals surface area contributed by atoms with Gasteiger partial charge < -0.3 is 15.7 Å². The van der Waals surface area contributed by atoms with Crippen molar-refractivity contribution in [2.75, 3.05) is 0 Å². The quantitative estimate of drug-likeness (QED) is 0.579. The Hall–Kier alpha value is -2.05. The highest BCUT2D eigenvalue weighted by molar-refractivity contribution is 5.82. The number of aliphatic carboxylic acids is 1. The summed E-state index contributed by atoms with van der Waals surface area (Å²) in [6.07, 6.45) is 4.34. The molecule has 0 saturated carbocycles. The van der Waals surface area contributed by atoms with Crippen LogP contribution in [0.1, 0.15) is 25.3 Å². The zero-order chi connectivity index (χ0) is 12.7. The lowest BCUT2D eigenvalue weighted by molar-refractivity contribution is -0.139. The second-order valence-electron chi connectivity index (χ2n) is 3.61. The van der Waals surface area contributed by atoms with Crippen molar-refractivity contribution in [1.82, 2.24) is 20.8 Å². The Labute approximate surface area is 98.6 Å². The minimum Gasteiger partial charge on any atom is -0.480 e. The van der Waals surface area contributed by atoms with E-state index in [1.54, 1.807) is 12.4 Å². The Morgan fingerprint density at radius 1 is 1.59 bits per heavy atom. The maximum atomic E-state index is 11.4. The van der Waals surface area contributed by atoms with E-state index in [2.05, 4.69) is 20.8 Å². The van der Waals surface area contributed by atoms with Crippen molar-refractivity contribution in [1.29, 1.82) is 0 Å². The summed E-state index contributed by atoms with van der Waals surface area (Å²) in [5, 5.41) is 20.1. The molecule has 1 heterocycles. The monoisotopic (exact) mass is 240 g/mol. The maximum absolute atomic E-state index is 11.4. The van der Waals surface area contributed by atoms with E-state index in [1.807, 2.05) is 6.92 Å². The largest absolute Gasteiger partial charge is 0.480 e. The van der Waals surface area contributed by atoms with Gasteiger partial charge in [-0.3, -0.25) is 5.10 Å². The highest BCUT2D eigenvalue weighted by Crippen LogP contribution is 1.97. The Morgan fingerprint density at radius 2 is 2.35 bits per heavy atom. The van der Waals surface area contributed by atoms with Gasteiger partial charge in [0.25, 0.3) is 0 Å². The van der Waals surface area contributed by atoms with Gasteiger partial charge in [0.1, 0.15) is 6.04 Å². The summed E-state index contributed by atoms with van der Waals surface area (Å²) in [5.74, 6) is -1.02. The third-order valence-electron chi connectivity index (χ3n) is 2.19. The molecule has 1 unspecified atom stereocenters. The SMILES string of the molecule is CCCC(NC(=O)NCc1cn[nH]c1)C(=O)O. The fraction of sp³-hybridized carbons (Fsp3) is 0.500. The lowest BCUT2D eigenvalue weighted by Gasteiger charge is -2.13. The summed E-state index contributed by atoms with van der Waals surface area (Å²) in [4.78, 5) is 22.2. The van der Waals surface area contributed by atoms with Gasteiger partial charge in [0.05, 0.1) is 6.20 Å². The van der Waals surface area contributed by atoms with Crippen LogP contribution in [0, 0.1) is 0 Å². The molecule has 0 aliphatic carbocycles. The first kappa shape index (κ1) is 13.0. The predicted molar refractivity (Wildman–Crippen MR) is 60.3 cm³/mol. The van der Waals surface area contributed by atoms with Crippen LogP contribution in [0.15, 0.2) is 12.4 Å². The smallest absolute Gasteiger partial charge is 0.326 e. The third-order valence-corrected chi connectivity index (χ3v) is 2.19. The molecule has 1 atom stereocenters. The van der Waals surface area contributed by atoms with Gasteiger partial charge in [0.2, 0.25) is 0 Å². The first-order valence-electron chi connectivity index (χ1n) is 5.38. The lowest BCUT2D eigenvalue weighted by Crippen LogP contribution is -2.45. The van der Waals surface area contributed by atoms with E-state index in [-0.39, 0.29) is 0 Å². The van der Waals surface area contributed by atoms with Crippen LogP contribution in [0.4, 0.5) is 4.79 Å². The van der Waals surface area contributed by atoms with Crippen LogP contribution in [-0.4, -0.2) is 33.3 Å². The lowest BCUT2D eigenvalue weighted by atomic mass is 10.2. The zero-order valence-electron chi connectivity index (χ0n) is 9.56. The number of aromatic amines is 1. The molecule has 94 valence electrons. The minimum atomic E-state index is -1.02. The van der Waals surface area contributed by atoms with Crippen molar-refractivity contribution in [3.63, 3.8) is 0 Å². The van der Waals surface area contributed by atoms with Gasteiger partial charge in [-0.1, -0.05) is 13.3 Å². The van der Waals surface area contributed by atoms with Crippen molar-refractivity contribution < 1.29 is 14.7 Å². The van der Waals surface area contributed by atoms with E-state index >= 15 is 0 Å². The number of hydrogen-bond acceptors (Lipinski definition) is 3. The van der Waals surface area contributed by atoms with Gasteiger partial charge in [-0.25, -0.2) is 9.59 Å². The summed E-state index contributed by atoms with van der Waals surface area (Å²) >= 11 is 0. The van der Waals surface area contributed by atoms with E-state index in [9.17, 15) is 9.59 Å². The molecule has 17 heavy (non-hydrogen) atoms. The average molecular weight is 240 g/mol. The number of carbonyl (C=O) groups excluding carboxylic acids is 1. The summed E-state index contributed by atoms with van der Waals surface area (Å²) in [5.41, 5.74) is 0.822. The first-order chi connectivity index (χ1) is 8.13. The van der Waals surface area contributed by atoms with Gasteiger partial charge in [-0.2, -0.15) is 5.10 Å². The van der Waals surface area contributed by atoms with Crippen molar-refractivity contribution in [3.05, 3.63) is 18.0 Å². The molecule has 0 aromatic carbocycles. The van der Waals surface area contributed by atoms with Crippen molar-refractivity contribution >= 4 is 12.0 Å². The average Bonchev–Trinajstić information content (AvgIpc) is 2.78. The topological polar surface area (TPSA) is 107 Å². The Balaban J connectivity index is 2.34. The van der Waals surface area contributed by atoms with Gasteiger partial charge >= 0.3 is 12.0 Å². The number of urea groups is 1. The van der Waals surface area contributed by atoms with E-state index in [4.69, 9.17) is 5.11 Å². The maximum Gasteiger partial charge on any atom is 0.326 e. The molecule has 0 aliphatic rings. The number of rotatable bonds is 6. The van der Waals surface area contributed by atoms with Gasteiger partial charge in [0, 0.05) is 18.3 Å². The molecule has 1 aromatic rings. The van der Waals surface area contributed by atoms with Gasteiger partial charge in [-0.05, 0) is 6.42 Å². The van der Waals surface area contributed by atoms with Crippen LogP contribution in [0.3, 0.4) is 0 Å². The molecule has 2 amide bonds. The third kappa shape index (κ3) is 4.54. The normalized spacial score (nSPS) is 11.8. The zero-order valence-corrected chi connectivity index (χ0v) is 9.56. The van der Waals surface area contributed by atoms with Crippen LogP contribution in [0.25, 0.3) is 0 Å². The van der Waals surface area contributed by atoms with E-state index < -0.39 is 18.0 Å². The summed E-state index contributed by atoms with van der Waals surface area (Å²) in [6, 6.07) is -1.34. The standard InChI is InChI=1S/C10H16N4O3/c1-2-3-8(9(15)16)14-10(17)11-4-7-5-12-13-6-7/h5-6,8H,2-4H2,1H3,(H,12,13)(H,15,16)(H2,11,14,17). The molecule has 1 rings (SSSR count). The minimum absolute atomic E-state index is 0.306. The number of carboxylic acids is 1. The molecule has 7 nitrogen and oxygen atoms in total. The number of aromatic nitrogens is 2. The van der Waals surface area contributed by atoms with Crippen molar-refractivity contribution in [2.45, 2.75) is 32.4 Å². The number of hydrogen-bond donors (Lipinski definition) is 4. The number of nitrogens with one attached hydrogen (secondary N) is 3. The van der Waals surface area contributed by atoms with E-state index in [1.165, 1.54) is 0 Å². The second kappa shape index (κ2) is 6.51. The Bertz CT molecular complexity index is 364. The first-order valence-corrected chi connectivity index (χ1v) is 5.38. The van der Waals surface area contributed by atoms with E-state index in [0.29, 0.717) is 19.4 Å². The number of carbonyl (C=O) groups is 2. The highest BCUT2D eigenvalue weighted by Gasteiger charge is 2.18. The number of carboxylic acid groups (broad SMARTS) is 1. The molecule has 0 bridgehead atoms. The summed E-state index contributed by atoms with van der Waals surface area (Å²) in [6.45, 7) is 2.17. The summed E-state index contributed by atoms with van der Waals surface area (Å²) < 4.78 is 0. The number of nitrogens with zero attached hydrogens (tertiary/aromatic N) is 1. The molecular formula is C10H16N4O3. The summed E-state index contributed by atoms with van der Waals surface area (Å²) in [7, 11) is 0. The van der Waals surface area contributed by atoms with Crippen LogP contribution < -0.4 is 10.6 Å². The van der Waals surface area contributed by atoms with Crippen LogP contribution in [0.5, 0.6) is 0 Å². The Kier molecular flexibility index (Phi) is 4.99. The van der Waals surface area contributed by atoms with E-state index in [0.717, 1.165) is 5.56 Å². The van der Waals surface area contributed by atoms with Crippen LogP contribution in [-0.2, 0) is 11.3 Å². The molecule has 0 spiro atoms. The van der Waals surface area contributed by atoms with Gasteiger partial charge in [-0.15, -0.1) is 0 Å². The predicted octanol–water partition coefficient (Wildman–Crippen LogP) is 0.462. The molecule has 1 aromatic heterocycles. The van der Waals surface area contributed by atoms with Crippen molar-refractivity contribution in [2.24, 2.45) is 0 Å². The highest BCUT2D eigenvalue weighted by atomic mass is 16.4. The molecule has 0 saturated heterocycles. The van der Waals surface area contributed by atoms with Crippen LogP contribution in [0.2, 0.25) is 0 Å². The fourth-order valence-corrected chi connectivity index (χ4v) is 1.31.